The number of hydrogen-bond acceptors (Lipinski definition) is 5. The maximum absolute atomic E-state index is 12.5. The molecule has 0 bridgehead atoms. The van der Waals surface area contributed by atoms with Crippen LogP contribution in [0.2, 0.25) is 0 Å². The molecule has 0 aliphatic carbocycles. The predicted octanol–water partition coefficient (Wildman–Crippen LogP) is 2.96. The SMILES string of the molecule is COc1ccc(-n2nc3c(c2NC(=O)c2cccs2)CS(=O)C3)cc1. The lowest BCUT2D eigenvalue weighted by Crippen LogP contribution is -2.15. The zero-order valence-corrected chi connectivity index (χ0v) is 15.0. The second-order valence-electron chi connectivity index (χ2n) is 5.54. The molecule has 0 saturated heterocycles. The Labute approximate surface area is 150 Å². The largest absolute Gasteiger partial charge is 0.497 e. The summed E-state index contributed by atoms with van der Waals surface area (Å²) in [6, 6.07) is 11.0. The highest BCUT2D eigenvalue weighted by Gasteiger charge is 2.28. The smallest absolute Gasteiger partial charge is 0.266 e. The minimum atomic E-state index is -0.964. The van der Waals surface area contributed by atoms with Gasteiger partial charge in [0.15, 0.2) is 0 Å². The summed E-state index contributed by atoms with van der Waals surface area (Å²) in [6.07, 6.45) is 0. The summed E-state index contributed by atoms with van der Waals surface area (Å²) in [5.74, 6) is 1.97. The molecule has 3 heterocycles. The molecule has 1 N–H and O–H groups in total. The lowest BCUT2D eigenvalue weighted by Gasteiger charge is -2.11. The van der Waals surface area contributed by atoms with Gasteiger partial charge in [-0.3, -0.25) is 9.00 Å². The first-order valence-corrected chi connectivity index (χ1v) is 9.97. The molecular weight excluding hydrogens is 358 g/mol. The fourth-order valence-electron chi connectivity index (χ4n) is 2.74. The van der Waals surface area contributed by atoms with Crippen LogP contribution in [0.1, 0.15) is 20.9 Å². The van der Waals surface area contributed by atoms with Crippen LogP contribution in [0.4, 0.5) is 5.82 Å². The van der Waals surface area contributed by atoms with Crippen LogP contribution in [-0.2, 0) is 22.3 Å². The van der Waals surface area contributed by atoms with Crippen molar-refractivity contribution in [2.75, 3.05) is 12.4 Å². The summed E-state index contributed by atoms with van der Waals surface area (Å²) in [5, 5.41) is 9.38. The van der Waals surface area contributed by atoms with Crippen molar-refractivity contribution >= 4 is 33.9 Å². The summed E-state index contributed by atoms with van der Waals surface area (Å²) >= 11 is 1.38. The lowest BCUT2D eigenvalue weighted by atomic mass is 10.2. The number of carbonyl (C=O) groups is 1. The number of aromatic nitrogens is 2. The number of rotatable bonds is 4. The van der Waals surface area contributed by atoms with Crippen molar-refractivity contribution in [1.29, 1.82) is 0 Å². The van der Waals surface area contributed by atoms with Crippen molar-refractivity contribution < 1.29 is 13.7 Å². The highest BCUT2D eigenvalue weighted by molar-refractivity contribution is 7.83. The molecule has 0 saturated carbocycles. The number of anilines is 1. The van der Waals surface area contributed by atoms with Gasteiger partial charge in [0.05, 0.1) is 34.9 Å². The van der Waals surface area contributed by atoms with Gasteiger partial charge >= 0.3 is 0 Å². The van der Waals surface area contributed by atoms with Crippen molar-refractivity contribution in [1.82, 2.24) is 9.78 Å². The van der Waals surface area contributed by atoms with E-state index in [1.807, 2.05) is 35.7 Å². The number of thiophene rings is 1. The Morgan fingerprint density at radius 1 is 1.28 bits per heavy atom. The molecule has 0 radical (unpaired) electrons. The van der Waals surface area contributed by atoms with Crippen LogP contribution in [0.25, 0.3) is 5.69 Å². The van der Waals surface area contributed by atoms with Crippen LogP contribution in [0.15, 0.2) is 41.8 Å². The number of methoxy groups -OCH3 is 1. The third-order valence-corrected chi connectivity index (χ3v) is 6.04. The fraction of sp³-hybridized carbons (Fsp3) is 0.176. The Kier molecular flexibility index (Phi) is 4.14. The average Bonchev–Trinajstić information content (AvgIpc) is 3.33. The summed E-state index contributed by atoms with van der Waals surface area (Å²) in [6.45, 7) is 0. The first-order valence-electron chi connectivity index (χ1n) is 7.60. The number of nitrogens with one attached hydrogen (secondary N) is 1. The van der Waals surface area contributed by atoms with Gasteiger partial charge < -0.3 is 10.1 Å². The van der Waals surface area contributed by atoms with Crippen LogP contribution >= 0.6 is 11.3 Å². The molecule has 0 fully saturated rings. The molecular formula is C17H15N3O3S2. The summed E-state index contributed by atoms with van der Waals surface area (Å²) in [5.41, 5.74) is 2.43. The second-order valence-corrected chi connectivity index (χ2v) is 7.95. The highest BCUT2D eigenvalue weighted by atomic mass is 32.2. The molecule has 0 spiro atoms. The number of nitrogens with zero attached hydrogens (tertiary/aromatic N) is 2. The van der Waals surface area contributed by atoms with E-state index in [0.29, 0.717) is 22.2 Å². The van der Waals surface area contributed by atoms with Gasteiger partial charge in [0.25, 0.3) is 5.91 Å². The first-order chi connectivity index (χ1) is 12.2. The fourth-order valence-corrected chi connectivity index (χ4v) is 4.63. The zero-order valence-electron chi connectivity index (χ0n) is 13.4. The standard InChI is InChI=1S/C17H15N3O3S2/c1-23-12-6-4-11(5-7-12)20-16(13-9-25(22)10-14(13)19-20)18-17(21)15-3-2-8-24-15/h2-8H,9-10H2,1H3,(H,18,21). The van der Waals surface area contributed by atoms with Gasteiger partial charge in [0, 0.05) is 16.4 Å². The number of hydrogen-bond donors (Lipinski definition) is 1. The van der Waals surface area contributed by atoms with E-state index in [4.69, 9.17) is 4.74 Å². The van der Waals surface area contributed by atoms with Gasteiger partial charge in [-0.2, -0.15) is 5.10 Å². The van der Waals surface area contributed by atoms with Crippen LogP contribution in [-0.4, -0.2) is 27.0 Å². The molecule has 1 amide bonds. The van der Waals surface area contributed by atoms with E-state index in [2.05, 4.69) is 10.4 Å². The third kappa shape index (κ3) is 2.98. The molecule has 8 heteroatoms. The van der Waals surface area contributed by atoms with Crippen molar-refractivity contribution in [2.45, 2.75) is 11.5 Å². The molecule has 25 heavy (non-hydrogen) atoms. The van der Waals surface area contributed by atoms with E-state index >= 15 is 0 Å². The number of fused-ring (bicyclic) bond motifs is 1. The Hall–Kier alpha value is -2.45. The van der Waals surface area contributed by atoms with Crippen molar-refractivity contribution in [3.05, 3.63) is 57.9 Å². The molecule has 1 aliphatic rings. The van der Waals surface area contributed by atoms with Gasteiger partial charge in [-0.1, -0.05) is 6.07 Å². The topological polar surface area (TPSA) is 73.2 Å². The molecule has 6 nitrogen and oxygen atoms in total. The monoisotopic (exact) mass is 373 g/mol. The summed E-state index contributed by atoms with van der Waals surface area (Å²) in [4.78, 5) is 13.1. The zero-order chi connectivity index (χ0) is 17.4. The van der Waals surface area contributed by atoms with Gasteiger partial charge in [0.1, 0.15) is 11.6 Å². The molecule has 128 valence electrons. The molecule has 1 aliphatic heterocycles. The molecule has 3 aromatic rings. The molecule has 4 rings (SSSR count). The normalized spacial score (nSPS) is 15.8. The third-order valence-electron chi connectivity index (χ3n) is 3.96. The van der Waals surface area contributed by atoms with Crippen molar-refractivity contribution in [2.24, 2.45) is 0 Å². The Balaban J connectivity index is 1.75. The maximum atomic E-state index is 12.5. The van der Waals surface area contributed by atoms with Crippen LogP contribution in [0.3, 0.4) is 0 Å². The quantitative estimate of drug-likeness (QED) is 0.763. The molecule has 2 aromatic heterocycles. The Morgan fingerprint density at radius 3 is 2.76 bits per heavy atom. The van der Waals surface area contributed by atoms with Crippen LogP contribution in [0.5, 0.6) is 5.75 Å². The number of benzene rings is 1. The van der Waals surface area contributed by atoms with Crippen LogP contribution < -0.4 is 10.1 Å². The number of amides is 1. The lowest BCUT2D eigenvalue weighted by molar-refractivity contribution is 0.102. The van der Waals surface area contributed by atoms with Crippen LogP contribution in [0, 0.1) is 0 Å². The number of ether oxygens (including phenoxy) is 1. The molecule has 1 atom stereocenters. The molecule has 1 unspecified atom stereocenters. The van der Waals surface area contributed by atoms with Gasteiger partial charge in [-0.15, -0.1) is 11.3 Å². The van der Waals surface area contributed by atoms with E-state index in [1.54, 1.807) is 17.9 Å². The summed E-state index contributed by atoms with van der Waals surface area (Å²) in [7, 11) is 0.646. The minimum Gasteiger partial charge on any atom is -0.497 e. The maximum Gasteiger partial charge on any atom is 0.266 e. The minimum absolute atomic E-state index is 0.190. The van der Waals surface area contributed by atoms with Gasteiger partial charge in [-0.05, 0) is 35.7 Å². The van der Waals surface area contributed by atoms with Gasteiger partial charge in [-0.25, -0.2) is 4.68 Å². The van der Waals surface area contributed by atoms with Gasteiger partial charge in [0.2, 0.25) is 0 Å². The number of carbonyl (C=O) groups excluding carboxylic acids is 1. The van der Waals surface area contributed by atoms with E-state index in [0.717, 1.165) is 22.7 Å². The van der Waals surface area contributed by atoms with E-state index in [-0.39, 0.29) is 5.91 Å². The average molecular weight is 373 g/mol. The Bertz CT molecular complexity index is 946. The summed E-state index contributed by atoms with van der Waals surface area (Å²) < 4.78 is 18.8. The van der Waals surface area contributed by atoms with E-state index in [1.165, 1.54) is 11.3 Å². The van der Waals surface area contributed by atoms with Crippen molar-refractivity contribution in [3.8, 4) is 11.4 Å². The molecule has 1 aromatic carbocycles. The second kappa shape index (κ2) is 6.45. The first kappa shape index (κ1) is 16.0. The predicted molar refractivity (Wildman–Crippen MR) is 97.9 cm³/mol. The highest BCUT2D eigenvalue weighted by Crippen LogP contribution is 2.32. The van der Waals surface area contributed by atoms with E-state index in [9.17, 15) is 9.00 Å². The van der Waals surface area contributed by atoms with Crippen molar-refractivity contribution in [3.63, 3.8) is 0 Å². The van der Waals surface area contributed by atoms with E-state index < -0.39 is 10.8 Å². The Morgan fingerprint density at radius 2 is 2.08 bits per heavy atom.